The molecular formula is C21H36O2. The topological polar surface area (TPSA) is 26.3 Å². The molecule has 2 nitrogen and oxygen atoms in total. The van der Waals surface area contributed by atoms with Crippen molar-refractivity contribution < 1.29 is 9.53 Å². The van der Waals surface area contributed by atoms with E-state index in [0.29, 0.717) is 0 Å². The van der Waals surface area contributed by atoms with Crippen LogP contribution in [0.25, 0.3) is 0 Å². The summed E-state index contributed by atoms with van der Waals surface area (Å²) in [5.74, 6) is -0.102. The summed E-state index contributed by atoms with van der Waals surface area (Å²) < 4.78 is 5.10. The summed E-state index contributed by atoms with van der Waals surface area (Å²) in [4.78, 5) is 11.5. The molecule has 1 rings (SSSR count). The average molecular weight is 321 g/mol. The van der Waals surface area contributed by atoms with Gasteiger partial charge >= 0.3 is 5.97 Å². The van der Waals surface area contributed by atoms with Crippen molar-refractivity contribution in [3.05, 3.63) is 23.8 Å². The van der Waals surface area contributed by atoms with Crippen LogP contribution < -0.4 is 0 Å². The van der Waals surface area contributed by atoms with Crippen LogP contribution in [-0.4, -0.2) is 12.1 Å². The Morgan fingerprint density at radius 2 is 1.48 bits per heavy atom. The van der Waals surface area contributed by atoms with Gasteiger partial charge < -0.3 is 4.74 Å². The Kier molecular flexibility index (Phi) is 11.6. The van der Waals surface area contributed by atoms with Gasteiger partial charge in [-0.2, -0.15) is 0 Å². The SMILES string of the molecule is CCCCCCCCC=CCCCCCCC1=CC(C)OC1=O. The van der Waals surface area contributed by atoms with E-state index in [-0.39, 0.29) is 12.1 Å². The minimum atomic E-state index is -0.102. The molecule has 0 radical (unpaired) electrons. The van der Waals surface area contributed by atoms with Gasteiger partial charge in [0.15, 0.2) is 0 Å². The van der Waals surface area contributed by atoms with Crippen LogP contribution in [0.3, 0.4) is 0 Å². The molecule has 0 aliphatic carbocycles. The Balaban J connectivity index is 1.83. The first-order chi connectivity index (χ1) is 11.2. The lowest BCUT2D eigenvalue weighted by Gasteiger charge is -2.01. The molecule has 1 heterocycles. The minimum absolute atomic E-state index is 0.0192. The van der Waals surface area contributed by atoms with E-state index in [2.05, 4.69) is 19.1 Å². The van der Waals surface area contributed by atoms with Crippen molar-refractivity contribution >= 4 is 5.97 Å². The summed E-state index contributed by atoms with van der Waals surface area (Å²) in [5, 5.41) is 0. The van der Waals surface area contributed by atoms with Gasteiger partial charge in [-0.15, -0.1) is 0 Å². The summed E-state index contributed by atoms with van der Waals surface area (Å²) in [6, 6.07) is 0. The van der Waals surface area contributed by atoms with Crippen molar-refractivity contribution in [2.75, 3.05) is 0 Å². The van der Waals surface area contributed by atoms with E-state index in [0.717, 1.165) is 18.4 Å². The molecule has 0 fully saturated rings. The number of unbranched alkanes of at least 4 members (excludes halogenated alkanes) is 10. The van der Waals surface area contributed by atoms with Gasteiger partial charge in [-0.05, 0) is 51.5 Å². The Hall–Kier alpha value is -1.05. The normalized spacial score (nSPS) is 17.7. The number of allylic oxidation sites excluding steroid dienone is 2. The summed E-state index contributed by atoms with van der Waals surface area (Å²) >= 11 is 0. The van der Waals surface area contributed by atoms with Crippen molar-refractivity contribution in [1.82, 2.24) is 0 Å². The molecule has 0 bridgehead atoms. The summed E-state index contributed by atoms with van der Waals surface area (Å²) in [5.41, 5.74) is 0.885. The van der Waals surface area contributed by atoms with Gasteiger partial charge in [0.2, 0.25) is 0 Å². The maximum absolute atomic E-state index is 11.5. The number of carbonyl (C=O) groups is 1. The molecule has 0 aromatic heterocycles. The highest BCUT2D eigenvalue weighted by Crippen LogP contribution is 2.19. The van der Waals surface area contributed by atoms with E-state index in [9.17, 15) is 4.79 Å². The third-order valence-electron chi connectivity index (χ3n) is 4.45. The van der Waals surface area contributed by atoms with Crippen LogP contribution in [-0.2, 0) is 9.53 Å². The fourth-order valence-electron chi connectivity index (χ4n) is 3.02. The monoisotopic (exact) mass is 320 g/mol. The molecule has 0 aromatic carbocycles. The van der Waals surface area contributed by atoms with E-state index >= 15 is 0 Å². The maximum Gasteiger partial charge on any atom is 0.334 e. The number of rotatable bonds is 14. The van der Waals surface area contributed by atoms with Crippen LogP contribution in [0.15, 0.2) is 23.8 Å². The molecular weight excluding hydrogens is 284 g/mol. The fourth-order valence-corrected chi connectivity index (χ4v) is 3.02. The molecule has 132 valence electrons. The largest absolute Gasteiger partial charge is 0.455 e. The van der Waals surface area contributed by atoms with E-state index < -0.39 is 0 Å². The third-order valence-corrected chi connectivity index (χ3v) is 4.45. The standard InChI is InChI=1S/C21H36O2/c1-3-4-5-6-7-8-9-10-11-12-13-14-15-16-17-20-18-19(2)23-21(20)22/h10-11,18-19H,3-9,12-17H2,1-2H3. The predicted molar refractivity (Wildman–Crippen MR) is 98.5 cm³/mol. The van der Waals surface area contributed by atoms with Crippen molar-refractivity contribution in [2.24, 2.45) is 0 Å². The second-order valence-electron chi connectivity index (χ2n) is 6.78. The molecule has 0 N–H and O–H groups in total. The smallest absolute Gasteiger partial charge is 0.334 e. The Morgan fingerprint density at radius 3 is 2.04 bits per heavy atom. The Morgan fingerprint density at radius 1 is 0.913 bits per heavy atom. The second kappa shape index (κ2) is 13.4. The Bertz CT molecular complexity index is 368. The molecule has 0 aromatic rings. The van der Waals surface area contributed by atoms with Gasteiger partial charge in [0, 0.05) is 5.57 Å². The summed E-state index contributed by atoms with van der Waals surface area (Å²) in [6.07, 6.45) is 23.1. The van der Waals surface area contributed by atoms with Crippen molar-refractivity contribution in [1.29, 1.82) is 0 Å². The van der Waals surface area contributed by atoms with Gasteiger partial charge in [-0.25, -0.2) is 4.79 Å². The number of esters is 1. The third kappa shape index (κ3) is 10.4. The van der Waals surface area contributed by atoms with Crippen LogP contribution in [0.5, 0.6) is 0 Å². The highest BCUT2D eigenvalue weighted by molar-refractivity contribution is 5.90. The summed E-state index contributed by atoms with van der Waals surface area (Å²) in [6.45, 7) is 4.19. The number of hydrogen-bond acceptors (Lipinski definition) is 2. The molecule has 1 aliphatic heterocycles. The zero-order valence-electron chi connectivity index (χ0n) is 15.3. The van der Waals surface area contributed by atoms with Gasteiger partial charge in [0.05, 0.1) is 0 Å². The number of carbonyl (C=O) groups excluding carboxylic acids is 1. The first-order valence-electron chi connectivity index (χ1n) is 9.80. The van der Waals surface area contributed by atoms with Crippen molar-refractivity contribution in [2.45, 2.75) is 103 Å². The fraction of sp³-hybridized carbons (Fsp3) is 0.762. The maximum atomic E-state index is 11.5. The van der Waals surface area contributed by atoms with Gasteiger partial charge in [-0.1, -0.05) is 64.0 Å². The molecule has 1 unspecified atom stereocenters. The van der Waals surface area contributed by atoms with E-state index in [1.54, 1.807) is 0 Å². The molecule has 0 saturated carbocycles. The lowest BCUT2D eigenvalue weighted by Crippen LogP contribution is -2.03. The summed E-state index contributed by atoms with van der Waals surface area (Å²) in [7, 11) is 0. The zero-order valence-corrected chi connectivity index (χ0v) is 15.3. The number of ether oxygens (including phenoxy) is 1. The van der Waals surface area contributed by atoms with Crippen LogP contribution in [0.4, 0.5) is 0 Å². The molecule has 2 heteroatoms. The van der Waals surface area contributed by atoms with Crippen LogP contribution in [0, 0.1) is 0 Å². The van der Waals surface area contributed by atoms with Gasteiger partial charge in [0.1, 0.15) is 6.10 Å². The first kappa shape index (κ1) is 20.0. The lowest BCUT2D eigenvalue weighted by atomic mass is 10.1. The highest BCUT2D eigenvalue weighted by Gasteiger charge is 2.20. The van der Waals surface area contributed by atoms with E-state index in [1.165, 1.54) is 70.6 Å². The van der Waals surface area contributed by atoms with Gasteiger partial charge in [-0.3, -0.25) is 0 Å². The molecule has 1 aliphatic rings. The Labute approximate surface area is 143 Å². The average Bonchev–Trinajstić information content (AvgIpc) is 2.85. The van der Waals surface area contributed by atoms with E-state index in [4.69, 9.17) is 4.74 Å². The predicted octanol–water partition coefficient (Wildman–Crippen LogP) is 6.51. The molecule has 1 atom stereocenters. The molecule has 0 spiro atoms. The molecule has 0 saturated heterocycles. The minimum Gasteiger partial charge on any atom is -0.455 e. The quantitative estimate of drug-likeness (QED) is 0.207. The zero-order chi connectivity index (χ0) is 16.8. The van der Waals surface area contributed by atoms with E-state index in [1.807, 2.05) is 13.0 Å². The second-order valence-corrected chi connectivity index (χ2v) is 6.78. The van der Waals surface area contributed by atoms with Crippen LogP contribution in [0.2, 0.25) is 0 Å². The first-order valence-corrected chi connectivity index (χ1v) is 9.80. The van der Waals surface area contributed by atoms with Gasteiger partial charge in [0.25, 0.3) is 0 Å². The van der Waals surface area contributed by atoms with Crippen LogP contribution in [0.1, 0.15) is 97.3 Å². The molecule has 0 amide bonds. The van der Waals surface area contributed by atoms with Crippen molar-refractivity contribution in [3.63, 3.8) is 0 Å². The number of hydrogen-bond donors (Lipinski definition) is 0. The molecule has 23 heavy (non-hydrogen) atoms. The highest BCUT2D eigenvalue weighted by atomic mass is 16.5. The number of cyclic esters (lactones) is 1. The lowest BCUT2D eigenvalue weighted by molar-refractivity contribution is -0.139. The van der Waals surface area contributed by atoms with Crippen molar-refractivity contribution in [3.8, 4) is 0 Å². The van der Waals surface area contributed by atoms with Crippen LogP contribution >= 0.6 is 0 Å².